The first-order valence-electron chi connectivity index (χ1n) is 2.56. The fraction of sp³-hybridized carbons (Fsp3) is 0.167. The molecule has 0 aromatic carbocycles. The maximum atomic E-state index is 10.7. The van der Waals surface area contributed by atoms with Crippen molar-refractivity contribution >= 4 is 34.0 Å². The lowest BCUT2D eigenvalue weighted by molar-refractivity contribution is -0.139. The van der Waals surface area contributed by atoms with Gasteiger partial charge in [0.15, 0.2) is 5.78 Å². The Bertz CT molecular complexity index is 219. The quantitative estimate of drug-likeness (QED) is 0.550. The van der Waals surface area contributed by atoms with Crippen LogP contribution < -0.4 is 0 Å². The van der Waals surface area contributed by atoms with Gasteiger partial charge in [-0.15, -0.1) is 0 Å². The van der Waals surface area contributed by atoms with Gasteiger partial charge in [0.05, 0.1) is 4.48 Å². The van der Waals surface area contributed by atoms with Gasteiger partial charge in [0.2, 0.25) is 6.29 Å². The molecule has 5 heteroatoms. The highest BCUT2D eigenvalue weighted by Crippen LogP contribution is 2.07. The normalized spacial score (nSPS) is 10.8. The number of hydrogen-bond acceptors (Lipinski definition) is 3. The fourth-order valence-electron chi connectivity index (χ4n) is 0.354. The van der Waals surface area contributed by atoms with Gasteiger partial charge in [0.25, 0.3) is 0 Å². The third-order valence-electron chi connectivity index (χ3n) is 0.764. The minimum absolute atomic E-state index is 0.0742. The maximum Gasteiger partial charge on any atom is 0.311 e. The van der Waals surface area contributed by atoms with Crippen LogP contribution in [0, 0.1) is 0 Å². The van der Waals surface area contributed by atoms with Gasteiger partial charge in [0, 0.05) is 6.08 Å². The number of hydrogen-bond donors (Lipinski definition) is 1. The molecule has 0 aromatic rings. The zero-order chi connectivity index (χ0) is 8.85. The number of allylic oxidation sites excluding steroid dienone is 2. The predicted octanol–water partition coefficient (Wildman–Crippen LogP) is 0.419. The lowest BCUT2D eigenvalue weighted by Gasteiger charge is -1.90. The summed E-state index contributed by atoms with van der Waals surface area (Å²) in [4.78, 5) is 30.3. The van der Waals surface area contributed by atoms with Crippen molar-refractivity contribution in [1.29, 1.82) is 0 Å². The SMILES string of the molecule is O=[C]/C=C(/Br)C(=O)CC(=O)O. The molecule has 0 saturated carbocycles. The van der Waals surface area contributed by atoms with Crippen LogP contribution in [0.25, 0.3) is 0 Å². The van der Waals surface area contributed by atoms with E-state index in [2.05, 4.69) is 15.9 Å². The Morgan fingerprint density at radius 1 is 1.55 bits per heavy atom. The standard InChI is InChI=1S/C6H4BrO4/c7-4(1-2-8)5(9)3-6(10)11/h1H,3H2,(H,10,11)/b4-1+. The molecule has 0 spiro atoms. The summed E-state index contributed by atoms with van der Waals surface area (Å²) in [6, 6.07) is 0. The van der Waals surface area contributed by atoms with Crippen LogP contribution in [0.5, 0.6) is 0 Å². The molecule has 0 aliphatic carbocycles. The Morgan fingerprint density at radius 3 is 2.45 bits per heavy atom. The largest absolute Gasteiger partial charge is 0.481 e. The first kappa shape index (κ1) is 10.0. The zero-order valence-electron chi connectivity index (χ0n) is 5.33. The van der Waals surface area contributed by atoms with Crippen molar-refractivity contribution in [2.75, 3.05) is 0 Å². The van der Waals surface area contributed by atoms with E-state index in [1.54, 1.807) is 0 Å². The van der Waals surface area contributed by atoms with Crippen LogP contribution in [0.15, 0.2) is 10.6 Å². The Labute approximate surface area is 71.0 Å². The summed E-state index contributed by atoms with van der Waals surface area (Å²) in [6.45, 7) is 0. The van der Waals surface area contributed by atoms with Crippen LogP contribution in [0.4, 0.5) is 0 Å². The zero-order valence-corrected chi connectivity index (χ0v) is 6.92. The van der Waals surface area contributed by atoms with Gasteiger partial charge in [0.1, 0.15) is 6.42 Å². The van der Waals surface area contributed by atoms with Gasteiger partial charge >= 0.3 is 5.97 Å². The van der Waals surface area contributed by atoms with Gasteiger partial charge in [-0.2, -0.15) is 0 Å². The second kappa shape index (κ2) is 4.79. The van der Waals surface area contributed by atoms with E-state index in [9.17, 15) is 14.4 Å². The molecule has 0 aliphatic heterocycles. The minimum Gasteiger partial charge on any atom is -0.481 e. The molecule has 0 heterocycles. The van der Waals surface area contributed by atoms with Gasteiger partial charge < -0.3 is 5.11 Å². The van der Waals surface area contributed by atoms with Crippen molar-refractivity contribution in [3.8, 4) is 0 Å². The number of carbonyl (C=O) groups excluding carboxylic acids is 2. The van der Waals surface area contributed by atoms with Crippen LogP contribution in [0.1, 0.15) is 6.42 Å². The van der Waals surface area contributed by atoms with Crippen LogP contribution >= 0.6 is 15.9 Å². The molecule has 1 N–H and O–H groups in total. The van der Waals surface area contributed by atoms with Crippen molar-refractivity contribution < 1.29 is 19.5 Å². The molecule has 1 radical (unpaired) electrons. The number of carbonyl (C=O) groups is 2. The molecule has 11 heavy (non-hydrogen) atoms. The summed E-state index contributed by atoms with van der Waals surface area (Å²) in [5, 5.41) is 8.13. The molecule has 0 fully saturated rings. The van der Waals surface area contributed by atoms with Gasteiger partial charge in [-0.1, -0.05) is 0 Å². The second-order valence-corrected chi connectivity index (χ2v) is 2.46. The molecule has 0 unspecified atom stereocenters. The van der Waals surface area contributed by atoms with Crippen molar-refractivity contribution in [3.05, 3.63) is 10.6 Å². The van der Waals surface area contributed by atoms with Crippen molar-refractivity contribution in [2.24, 2.45) is 0 Å². The lowest BCUT2D eigenvalue weighted by atomic mass is 10.3. The predicted molar refractivity (Wildman–Crippen MR) is 40.0 cm³/mol. The van der Waals surface area contributed by atoms with E-state index in [0.29, 0.717) is 0 Å². The van der Waals surface area contributed by atoms with Crippen LogP contribution in [-0.2, 0) is 14.4 Å². The maximum absolute atomic E-state index is 10.7. The first-order valence-corrected chi connectivity index (χ1v) is 3.35. The number of carboxylic acids is 1. The second-order valence-electron chi connectivity index (χ2n) is 1.60. The molecule has 4 nitrogen and oxygen atoms in total. The Kier molecular flexibility index (Phi) is 4.36. The third-order valence-corrected chi connectivity index (χ3v) is 1.43. The monoisotopic (exact) mass is 219 g/mol. The summed E-state index contributed by atoms with van der Waals surface area (Å²) in [5.41, 5.74) is 0. The molecule has 0 atom stereocenters. The van der Waals surface area contributed by atoms with E-state index in [4.69, 9.17) is 5.11 Å². The first-order chi connectivity index (χ1) is 5.07. The van der Waals surface area contributed by atoms with Gasteiger partial charge in [-0.05, 0) is 15.9 Å². The van der Waals surface area contributed by atoms with Gasteiger partial charge in [-0.3, -0.25) is 14.4 Å². The average molecular weight is 220 g/mol. The van der Waals surface area contributed by atoms with Crippen LogP contribution in [0.3, 0.4) is 0 Å². The number of halogens is 1. The molecular formula is C6H4BrO4. The number of carboxylic acid groups (broad SMARTS) is 1. The Balaban J connectivity index is 4.14. The summed E-state index contributed by atoms with van der Waals surface area (Å²) >= 11 is 2.72. The fourth-order valence-corrected chi connectivity index (χ4v) is 0.588. The highest BCUT2D eigenvalue weighted by atomic mass is 79.9. The number of aliphatic carboxylic acids is 1. The van der Waals surface area contributed by atoms with E-state index in [0.717, 1.165) is 6.08 Å². The molecule has 59 valence electrons. The van der Waals surface area contributed by atoms with E-state index in [1.807, 2.05) is 0 Å². The smallest absolute Gasteiger partial charge is 0.311 e. The average Bonchev–Trinajstić information content (AvgIpc) is 1.86. The molecule has 0 bridgehead atoms. The van der Waals surface area contributed by atoms with Gasteiger partial charge in [-0.25, -0.2) is 0 Å². The van der Waals surface area contributed by atoms with E-state index in [-0.39, 0.29) is 4.48 Å². The molecule has 0 aliphatic rings. The lowest BCUT2D eigenvalue weighted by Crippen LogP contribution is -2.06. The van der Waals surface area contributed by atoms with Crippen molar-refractivity contribution in [3.63, 3.8) is 0 Å². The van der Waals surface area contributed by atoms with E-state index in [1.165, 1.54) is 6.29 Å². The molecule has 0 amide bonds. The van der Waals surface area contributed by atoms with Crippen molar-refractivity contribution in [1.82, 2.24) is 0 Å². The summed E-state index contributed by atoms with van der Waals surface area (Å²) in [6.07, 6.45) is 1.56. The van der Waals surface area contributed by atoms with Crippen LogP contribution in [-0.4, -0.2) is 23.1 Å². The summed E-state index contributed by atoms with van der Waals surface area (Å²) in [7, 11) is 0. The number of rotatable bonds is 4. The van der Waals surface area contributed by atoms with Crippen molar-refractivity contribution in [2.45, 2.75) is 6.42 Å². The molecule has 0 aromatic heterocycles. The van der Waals surface area contributed by atoms with E-state index < -0.39 is 18.2 Å². The molecule has 0 saturated heterocycles. The molecule has 0 rings (SSSR count). The topological polar surface area (TPSA) is 71.4 Å². The van der Waals surface area contributed by atoms with Crippen LogP contribution in [0.2, 0.25) is 0 Å². The van der Waals surface area contributed by atoms with E-state index >= 15 is 0 Å². The summed E-state index contributed by atoms with van der Waals surface area (Å²) < 4.78 is -0.0742. The third kappa shape index (κ3) is 4.44. The minimum atomic E-state index is -1.23. The highest BCUT2D eigenvalue weighted by Gasteiger charge is 2.10. The number of Topliss-reactive ketones (excluding diaryl/α,β-unsaturated/α-hetero) is 1. The Morgan fingerprint density at radius 2 is 2.09 bits per heavy atom. The number of ketones is 1. The highest BCUT2D eigenvalue weighted by molar-refractivity contribution is 9.12. The molecular weight excluding hydrogens is 216 g/mol. The Hall–Kier alpha value is -0.970. The summed E-state index contributed by atoms with van der Waals surface area (Å²) in [5.74, 6) is -1.88.